The van der Waals surface area contributed by atoms with Crippen molar-refractivity contribution in [3.8, 4) is 0 Å². The van der Waals surface area contributed by atoms with Crippen LogP contribution in [0.5, 0.6) is 0 Å². The predicted molar refractivity (Wildman–Crippen MR) is 103 cm³/mol. The van der Waals surface area contributed by atoms with Crippen LogP contribution < -0.4 is 0 Å². The minimum Gasteiger partial charge on any atom is -0.448 e. The van der Waals surface area contributed by atoms with E-state index < -0.39 is 12.1 Å². The van der Waals surface area contributed by atoms with Crippen molar-refractivity contribution < 1.29 is 14.3 Å². The van der Waals surface area contributed by atoms with Crippen molar-refractivity contribution in [3.05, 3.63) is 56.8 Å². The Balaban J connectivity index is 1.62. The molecule has 3 rings (SSSR count). The maximum Gasteiger partial charge on any atom is 0.349 e. The maximum atomic E-state index is 12.7. The van der Waals surface area contributed by atoms with Crippen molar-refractivity contribution in [3.63, 3.8) is 0 Å². The molecule has 0 unspecified atom stereocenters. The fraction of sp³-hybridized carbons (Fsp3) is 0.429. The zero-order valence-corrected chi connectivity index (χ0v) is 16.4. The third-order valence-electron chi connectivity index (χ3n) is 4.82. The SMILES string of the molecule is CCCc1cc(C(=O)O[C@@H](C)C(=O)N2CCc3ccccc3C2)sc1C. The summed E-state index contributed by atoms with van der Waals surface area (Å²) in [7, 11) is 0. The number of carbonyl (C=O) groups excluding carboxylic acids is 2. The van der Waals surface area contributed by atoms with Crippen LogP contribution in [0.25, 0.3) is 0 Å². The molecule has 1 amide bonds. The molecule has 2 aromatic rings. The first-order valence-electron chi connectivity index (χ1n) is 9.15. The van der Waals surface area contributed by atoms with E-state index in [1.807, 2.05) is 25.1 Å². The Labute approximate surface area is 158 Å². The predicted octanol–water partition coefficient (Wildman–Crippen LogP) is 4.14. The number of hydrogen-bond donors (Lipinski definition) is 0. The highest BCUT2D eigenvalue weighted by Crippen LogP contribution is 2.24. The molecular formula is C21H25NO3S. The Morgan fingerprint density at radius 1 is 1.27 bits per heavy atom. The van der Waals surface area contributed by atoms with E-state index in [0.717, 1.165) is 24.1 Å². The van der Waals surface area contributed by atoms with Gasteiger partial charge in [-0.2, -0.15) is 0 Å². The standard InChI is InChI=1S/C21H25NO3S/c1-4-7-17-12-19(26-15(17)3)21(24)25-14(2)20(23)22-11-10-16-8-5-6-9-18(16)13-22/h5-6,8-9,12,14H,4,7,10-11,13H2,1-3H3/t14-/m0/s1. The van der Waals surface area contributed by atoms with E-state index in [1.165, 1.54) is 28.0 Å². The fourth-order valence-corrected chi connectivity index (χ4v) is 4.30. The lowest BCUT2D eigenvalue weighted by Crippen LogP contribution is -2.42. The summed E-state index contributed by atoms with van der Waals surface area (Å²) >= 11 is 1.44. The summed E-state index contributed by atoms with van der Waals surface area (Å²) in [6.45, 7) is 7.04. The lowest BCUT2D eigenvalue weighted by atomic mass is 9.99. The Kier molecular flexibility index (Phi) is 5.77. The molecule has 5 heteroatoms. The van der Waals surface area contributed by atoms with Crippen LogP contribution in [0, 0.1) is 6.92 Å². The van der Waals surface area contributed by atoms with Crippen LogP contribution in [0.4, 0.5) is 0 Å². The molecule has 0 saturated carbocycles. The molecule has 1 aromatic carbocycles. The Hall–Kier alpha value is -2.14. The third kappa shape index (κ3) is 3.98. The summed E-state index contributed by atoms with van der Waals surface area (Å²) in [4.78, 5) is 28.6. The first-order chi connectivity index (χ1) is 12.5. The second-order valence-electron chi connectivity index (χ2n) is 6.77. The van der Waals surface area contributed by atoms with Gasteiger partial charge in [0.1, 0.15) is 4.88 Å². The van der Waals surface area contributed by atoms with Gasteiger partial charge in [-0.05, 0) is 49.4 Å². The number of ether oxygens (including phenoxy) is 1. The molecule has 138 valence electrons. The van der Waals surface area contributed by atoms with E-state index in [1.54, 1.807) is 11.8 Å². The molecule has 4 nitrogen and oxygen atoms in total. The number of thiophene rings is 1. The summed E-state index contributed by atoms with van der Waals surface area (Å²) in [6.07, 6.45) is 2.06. The summed E-state index contributed by atoms with van der Waals surface area (Å²) in [5.41, 5.74) is 3.65. The quantitative estimate of drug-likeness (QED) is 0.742. The maximum absolute atomic E-state index is 12.7. The second-order valence-corrected chi connectivity index (χ2v) is 8.02. The van der Waals surface area contributed by atoms with Crippen molar-refractivity contribution in [1.82, 2.24) is 4.90 Å². The summed E-state index contributed by atoms with van der Waals surface area (Å²) in [6, 6.07) is 10.1. The average Bonchev–Trinajstić information content (AvgIpc) is 3.02. The fourth-order valence-electron chi connectivity index (χ4n) is 3.35. The minimum atomic E-state index is -0.773. The van der Waals surface area contributed by atoms with Gasteiger partial charge in [-0.1, -0.05) is 37.6 Å². The molecule has 0 spiro atoms. The Morgan fingerprint density at radius 3 is 2.73 bits per heavy atom. The molecule has 0 fully saturated rings. The number of nitrogens with zero attached hydrogens (tertiary/aromatic N) is 1. The number of amides is 1. The van der Waals surface area contributed by atoms with Crippen molar-refractivity contribution in [2.45, 2.75) is 52.7 Å². The zero-order valence-electron chi connectivity index (χ0n) is 15.6. The first kappa shape index (κ1) is 18.6. The molecule has 1 aliphatic rings. The van der Waals surface area contributed by atoms with Crippen LogP contribution >= 0.6 is 11.3 Å². The summed E-state index contributed by atoms with van der Waals surface area (Å²) in [5, 5.41) is 0. The highest BCUT2D eigenvalue weighted by molar-refractivity contribution is 7.14. The third-order valence-corrected chi connectivity index (χ3v) is 5.89. The number of aryl methyl sites for hydroxylation is 2. The van der Waals surface area contributed by atoms with E-state index in [9.17, 15) is 9.59 Å². The van der Waals surface area contributed by atoms with Crippen molar-refractivity contribution in [1.29, 1.82) is 0 Å². The van der Waals surface area contributed by atoms with Crippen LogP contribution in [0.3, 0.4) is 0 Å². The number of hydrogen-bond acceptors (Lipinski definition) is 4. The van der Waals surface area contributed by atoms with Gasteiger partial charge in [-0.3, -0.25) is 4.79 Å². The Bertz CT molecular complexity index is 811. The molecule has 1 aliphatic heterocycles. The average molecular weight is 372 g/mol. The topological polar surface area (TPSA) is 46.6 Å². The van der Waals surface area contributed by atoms with Crippen LogP contribution in [-0.2, 0) is 28.9 Å². The molecule has 2 heterocycles. The van der Waals surface area contributed by atoms with Gasteiger partial charge in [-0.15, -0.1) is 11.3 Å². The first-order valence-corrected chi connectivity index (χ1v) is 9.97. The van der Waals surface area contributed by atoms with Gasteiger partial charge in [0.25, 0.3) is 5.91 Å². The highest BCUT2D eigenvalue weighted by atomic mass is 32.1. The number of rotatable bonds is 5. The van der Waals surface area contributed by atoms with Gasteiger partial charge in [0, 0.05) is 18.0 Å². The van der Waals surface area contributed by atoms with Gasteiger partial charge in [-0.25, -0.2) is 4.79 Å². The van der Waals surface area contributed by atoms with Crippen LogP contribution in [0.15, 0.2) is 30.3 Å². The lowest BCUT2D eigenvalue weighted by Gasteiger charge is -2.30. The molecule has 0 saturated heterocycles. The van der Waals surface area contributed by atoms with E-state index in [-0.39, 0.29) is 5.91 Å². The van der Waals surface area contributed by atoms with Gasteiger partial charge in [0.05, 0.1) is 0 Å². The molecule has 0 aliphatic carbocycles. The monoisotopic (exact) mass is 371 g/mol. The van der Waals surface area contributed by atoms with E-state index >= 15 is 0 Å². The molecule has 0 N–H and O–H groups in total. The van der Waals surface area contributed by atoms with E-state index in [4.69, 9.17) is 4.74 Å². The van der Waals surface area contributed by atoms with Crippen LogP contribution in [0.1, 0.15) is 51.5 Å². The van der Waals surface area contributed by atoms with Gasteiger partial charge in [0.2, 0.25) is 0 Å². The molecule has 0 bridgehead atoms. The molecule has 0 radical (unpaired) electrons. The number of esters is 1. The number of carbonyl (C=O) groups is 2. The molecule has 1 atom stereocenters. The van der Waals surface area contributed by atoms with Crippen molar-refractivity contribution >= 4 is 23.2 Å². The lowest BCUT2D eigenvalue weighted by molar-refractivity contribution is -0.140. The highest BCUT2D eigenvalue weighted by Gasteiger charge is 2.27. The largest absolute Gasteiger partial charge is 0.448 e. The van der Waals surface area contributed by atoms with Crippen LogP contribution in [-0.4, -0.2) is 29.4 Å². The van der Waals surface area contributed by atoms with Gasteiger partial charge >= 0.3 is 5.97 Å². The number of fused-ring (bicyclic) bond motifs is 1. The second kappa shape index (κ2) is 8.04. The molecule has 26 heavy (non-hydrogen) atoms. The van der Waals surface area contributed by atoms with E-state index in [2.05, 4.69) is 19.1 Å². The van der Waals surface area contributed by atoms with Crippen molar-refractivity contribution in [2.24, 2.45) is 0 Å². The van der Waals surface area contributed by atoms with Crippen molar-refractivity contribution in [2.75, 3.05) is 6.54 Å². The Morgan fingerprint density at radius 2 is 2.00 bits per heavy atom. The number of benzene rings is 1. The van der Waals surface area contributed by atoms with Gasteiger partial charge < -0.3 is 9.64 Å². The summed E-state index contributed by atoms with van der Waals surface area (Å²) in [5.74, 6) is -0.534. The smallest absolute Gasteiger partial charge is 0.349 e. The molecular weight excluding hydrogens is 346 g/mol. The molecule has 1 aromatic heterocycles. The zero-order chi connectivity index (χ0) is 18.7. The van der Waals surface area contributed by atoms with E-state index in [0.29, 0.717) is 18.0 Å². The summed E-state index contributed by atoms with van der Waals surface area (Å²) < 4.78 is 5.47. The van der Waals surface area contributed by atoms with Gasteiger partial charge in [0.15, 0.2) is 6.10 Å². The normalized spacial score (nSPS) is 14.7. The minimum absolute atomic E-state index is 0.130. The van der Waals surface area contributed by atoms with Crippen LogP contribution in [0.2, 0.25) is 0 Å².